The van der Waals surface area contributed by atoms with Crippen LogP contribution in [0, 0.1) is 0 Å². The van der Waals surface area contributed by atoms with Gasteiger partial charge in [-0.05, 0) is 19.4 Å². The molecule has 1 aromatic carbocycles. The standard InChI is InChI=1S/C12H20N2O3/c1-16-10-6-8(15)7-11(17-2)12(10)9(14)4-3-5-13/h6-7,9,15H,3-5,13-14H2,1-2H3/t9-/m1/s1. The van der Waals surface area contributed by atoms with Crippen LogP contribution in [-0.4, -0.2) is 25.9 Å². The van der Waals surface area contributed by atoms with Gasteiger partial charge in [0, 0.05) is 18.2 Å². The van der Waals surface area contributed by atoms with Crippen LogP contribution in [0.3, 0.4) is 0 Å². The molecule has 5 heteroatoms. The number of rotatable bonds is 6. The summed E-state index contributed by atoms with van der Waals surface area (Å²) in [4.78, 5) is 0. The molecule has 0 aliphatic heterocycles. The molecule has 17 heavy (non-hydrogen) atoms. The van der Waals surface area contributed by atoms with Gasteiger partial charge in [-0.3, -0.25) is 0 Å². The van der Waals surface area contributed by atoms with Crippen LogP contribution in [0.4, 0.5) is 0 Å². The molecular formula is C12H20N2O3. The van der Waals surface area contributed by atoms with E-state index in [1.807, 2.05) is 0 Å². The lowest BCUT2D eigenvalue weighted by Gasteiger charge is -2.19. The first-order chi connectivity index (χ1) is 8.13. The third-order valence-corrected chi connectivity index (χ3v) is 2.62. The third kappa shape index (κ3) is 3.25. The Balaban J connectivity index is 3.09. The minimum absolute atomic E-state index is 0.0912. The van der Waals surface area contributed by atoms with Crippen LogP contribution in [0.1, 0.15) is 24.4 Å². The molecule has 1 atom stereocenters. The highest BCUT2D eigenvalue weighted by Crippen LogP contribution is 2.38. The highest BCUT2D eigenvalue weighted by Gasteiger charge is 2.18. The monoisotopic (exact) mass is 240 g/mol. The van der Waals surface area contributed by atoms with Crippen molar-refractivity contribution in [1.82, 2.24) is 0 Å². The van der Waals surface area contributed by atoms with Crippen LogP contribution >= 0.6 is 0 Å². The fourth-order valence-electron chi connectivity index (χ4n) is 1.77. The van der Waals surface area contributed by atoms with E-state index >= 15 is 0 Å². The highest BCUT2D eigenvalue weighted by molar-refractivity contribution is 5.51. The second kappa shape index (κ2) is 6.32. The molecule has 0 heterocycles. The van der Waals surface area contributed by atoms with Crippen LogP contribution < -0.4 is 20.9 Å². The number of aromatic hydroxyl groups is 1. The average Bonchev–Trinajstić information content (AvgIpc) is 2.34. The fourth-order valence-corrected chi connectivity index (χ4v) is 1.77. The third-order valence-electron chi connectivity index (χ3n) is 2.62. The van der Waals surface area contributed by atoms with E-state index in [4.69, 9.17) is 20.9 Å². The van der Waals surface area contributed by atoms with E-state index in [1.54, 1.807) is 0 Å². The Morgan fingerprint density at radius 3 is 2.18 bits per heavy atom. The van der Waals surface area contributed by atoms with Gasteiger partial charge in [-0.1, -0.05) is 0 Å². The molecule has 0 aromatic heterocycles. The molecule has 96 valence electrons. The molecule has 0 fully saturated rings. The lowest BCUT2D eigenvalue weighted by molar-refractivity contribution is 0.368. The average molecular weight is 240 g/mol. The smallest absolute Gasteiger partial charge is 0.131 e. The van der Waals surface area contributed by atoms with Crippen molar-refractivity contribution in [2.24, 2.45) is 11.5 Å². The largest absolute Gasteiger partial charge is 0.508 e. The Bertz CT molecular complexity index is 344. The van der Waals surface area contributed by atoms with Crippen molar-refractivity contribution in [3.8, 4) is 17.2 Å². The molecule has 1 aromatic rings. The summed E-state index contributed by atoms with van der Waals surface area (Å²) in [6.45, 7) is 0.594. The normalized spacial score (nSPS) is 12.2. The number of methoxy groups -OCH3 is 2. The maximum absolute atomic E-state index is 9.52. The molecule has 5 N–H and O–H groups in total. The summed E-state index contributed by atoms with van der Waals surface area (Å²) in [5, 5.41) is 9.52. The van der Waals surface area contributed by atoms with E-state index in [9.17, 15) is 5.11 Å². The Kier molecular flexibility index (Phi) is 5.06. The number of phenolic OH excluding ortho intramolecular Hbond substituents is 1. The maximum atomic E-state index is 9.52. The summed E-state index contributed by atoms with van der Waals surface area (Å²) in [5.41, 5.74) is 12.3. The Morgan fingerprint density at radius 2 is 1.76 bits per heavy atom. The van der Waals surface area contributed by atoms with Crippen molar-refractivity contribution in [3.63, 3.8) is 0 Å². The molecule has 0 aliphatic carbocycles. The summed E-state index contributed by atoms with van der Waals surface area (Å²) in [5.74, 6) is 1.16. The van der Waals surface area contributed by atoms with E-state index < -0.39 is 0 Å². The van der Waals surface area contributed by atoms with Crippen molar-refractivity contribution in [2.45, 2.75) is 18.9 Å². The van der Waals surface area contributed by atoms with Gasteiger partial charge in [-0.2, -0.15) is 0 Å². The van der Waals surface area contributed by atoms with Gasteiger partial charge in [0.05, 0.1) is 19.8 Å². The van der Waals surface area contributed by atoms with Gasteiger partial charge in [0.15, 0.2) is 0 Å². The minimum atomic E-state index is -0.218. The van der Waals surface area contributed by atoms with Gasteiger partial charge in [-0.15, -0.1) is 0 Å². The van der Waals surface area contributed by atoms with Gasteiger partial charge >= 0.3 is 0 Å². The second-order valence-corrected chi connectivity index (χ2v) is 3.80. The maximum Gasteiger partial charge on any atom is 0.131 e. The second-order valence-electron chi connectivity index (χ2n) is 3.80. The zero-order chi connectivity index (χ0) is 12.8. The lowest BCUT2D eigenvalue weighted by Crippen LogP contribution is -2.14. The highest BCUT2D eigenvalue weighted by atomic mass is 16.5. The predicted octanol–water partition coefficient (Wildman–Crippen LogP) is 1.15. The van der Waals surface area contributed by atoms with Crippen LogP contribution in [0.15, 0.2) is 12.1 Å². The summed E-state index contributed by atoms with van der Waals surface area (Å²) in [6, 6.07) is 2.84. The molecule has 0 bridgehead atoms. The van der Waals surface area contributed by atoms with Crippen molar-refractivity contribution >= 4 is 0 Å². The van der Waals surface area contributed by atoms with Crippen molar-refractivity contribution in [2.75, 3.05) is 20.8 Å². The van der Waals surface area contributed by atoms with E-state index in [2.05, 4.69) is 0 Å². The number of hydrogen-bond acceptors (Lipinski definition) is 5. The van der Waals surface area contributed by atoms with E-state index in [0.717, 1.165) is 18.4 Å². The molecule has 1 rings (SSSR count). The Morgan fingerprint density at radius 1 is 1.24 bits per heavy atom. The molecule has 0 radical (unpaired) electrons. The van der Waals surface area contributed by atoms with Gasteiger partial charge in [-0.25, -0.2) is 0 Å². The van der Waals surface area contributed by atoms with Crippen LogP contribution in [0.2, 0.25) is 0 Å². The quantitative estimate of drug-likeness (QED) is 0.693. The molecular weight excluding hydrogens is 220 g/mol. The first-order valence-corrected chi connectivity index (χ1v) is 5.54. The predicted molar refractivity (Wildman–Crippen MR) is 66.4 cm³/mol. The summed E-state index contributed by atoms with van der Waals surface area (Å²) in [7, 11) is 3.07. The summed E-state index contributed by atoms with van der Waals surface area (Å²) >= 11 is 0. The van der Waals surface area contributed by atoms with Crippen molar-refractivity contribution in [3.05, 3.63) is 17.7 Å². The van der Waals surface area contributed by atoms with Crippen LogP contribution in [0.5, 0.6) is 17.2 Å². The van der Waals surface area contributed by atoms with Gasteiger partial charge < -0.3 is 26.0 Å². The zero-order valence-corrected chi connectivity index (χ0v) is 10.3. The number of ether oxygens (including phenoxy) is 2. The van der Waals surface area contributed by atoms with E-state index in [1.165, 1.54) is 26.4 Å². The molecule has 0 amide bonds. The van der Waals surface area contributed by atoms with Gasteiger partial charge in [0.1, 0.15) is 17.2 Å². The van der Waals surface area contributed by atoms with Crippen molar-refractivity contribution < 1.29 is 14.6 Å². The van der Waals surface area contributed by atoms with Crippen LogP contribution in [0.25, 0.3) is 0 Å². The molecule has 0 unspecified atom stereocenters. The first-order valence-electron chi connectivity index (χ1n) is 5.54. The zero-order valence-electron chi connectivity index (χ0n) is 10.3. The number of phenols is 1. The molecule has 0 aliphatic rings. The topological polar surface area (TPSA) is 90.7 Å². The molecule has 0 saturated carbocycles. The Hall–Kier alpha value is -1.46. The SMILES string of the molecule is COc1cc(O)cc(OC)c1[C@H](N)CCCN. The summed E-state index contributed by atoms with van der Waals surface area (Å²) < 4.78 is 10.4. The number of benzene rings is 1. The van der Waals surface area contributed by atoms with Crippen molar-refractivity contribution in [1.29, 1.82) is 0 Å². The molecule has 0 spiro atoms. The van der Waals surface area contributed by atoms with Gasteiger partial charge in [0.2, 0.25) is 0 Å². The van der Waals surface area contributed by atoms with E-state index in [0.29, 0.717) is 18.0 Å². The Labute approximate surface area is 101 Å². The lowest BCUT2D eigenvalue weighted by atomic mass is 10.0. The molecule has 5 nitrogen and oxygen atoms in total. The fraction of sp³-hybridized carbons (Fsp3) is 0.500. The van der Waals surface area contributed by atoms with Crippen LogP contribution in [-0.2, 0) is 0 Å². The van der Waals surface area contributed by atoms with E-state index in [-0.39, 0.29) is 11.8 Å². The van der Waals surface area contributed by atoms with Gasteiger partial charge in [0.25, 0.3) is 0 Å². The first kappa shape index (κ1) is 13.6. The minimum Gasteiger partial charge on any atom is -0.508 e. The number of nitrogens with two attached hydrogens (primary N) is 2. The summed E-state index contributed by atoms with van der Waals surface area (Å²) in [6.07, 6.45) is 1.57. The number of hydrogen-bond donors (Lipinski definition) is 3. The molecule has 0 saturated heterocycles.